The second kappa shape index (κ2) is 10.6. The number of furan rings is 1. The van der Waals surface area contributed by atoms with Gasteiger partial charge in [0, 0.05) is 12.6 Å². The fraction of sp³-hybridized carbons (Fsp3) is 0.476. The predicted molar refractivity (Wildman–Crippen MR) is 105 cm³/mol. The Bertz CT molecular complexity index is 685. The molecule has 1 aromatic carbocycles. The molecule has 0 aliphatic rings. The van der Waals surface area contributed by atoms with Gasteiger partial charge in [0.2, 0.25) is 0 Å². The lowest BCUT2D eigenvalue weighted by molar-refractivity contribution is 0.0867. The van der Waals surface area contributed by atoms with Crippen molar-refractivity contribution in [1.82, 2.24) is 10.6 Å². The van der Waals surface area contributed by atoms with Crippen LogP contribution in [-0.4, -0.2) is 32.4 Å². The van der Waals surface area contributed by atoms with Crippen molar-refractivity contribution in [2.45, 2.75) is 39.3 Å². The molecule has 0 aliphatic carbocycles. The van der Waals surface area contributed by atoms with Crippen molar-refractivity contribution in [2.24, 2.45) is 5.92 Å². The molecule has 2 atom stereocenters. The lowest BCUT2D eigenvalue weighted by Gasteiger charge is -2.20. The minimum atomic E-state index is -0.331. The van der Waals surface area contributed by atoms with Crippen LogP contribution in [0, 0.1) is 5.92 Å². The van der Waals surface area contributed by atoms with Gasteiger partial charge in [0.1, 0.15) is 17.6 Å². The van der Waals surface area contributed by atoms with Crippen molar-refractivity contribution in [2.75, 3.05) is 20.3 Å². The molecule has 2 unspecified atom stereocenters. The number of amides is 2. The van der Waals surface area contributed by atoms with E-state index < -0.39 is 0 Å². The van der Waals surface area contributed by atoms with Crippen LogP contribution in [0.15, 0.2) is 47.1 Å². The summed E-state index contributed by atoms with van der Waals surface area (Å²) < 4.78 is 16.4. The van der Waals surface area contributed by atoms with Crippen LogP contribution in [0.4, 0.5) is 4.79 Å². The molecule has 2 aromatic rings. The molecule has 0 radical (unpaired) electrons. The van der Waals surface area contributed by atoms with Crippen LogP contribution in [0.3, 0.4) is 0 Å². The van der Waals surface area contributed by atoms with Crippen molar-refractivity contribution >= 4 is 6.03 Å². The molecule has 2 rings (SSSR count). The van der Waals surface area contributed by atoms with Gasteiger partial charge in [0.05, 0.1) is 20.0 Å². The minimum absolute atomic E-state index is 0.0362. The van der Waals surface area contributed by atoms with Gasteiger partial charge in [-0.15, -0.1) is 0 Å². The Morgan fingerprint density at radius 3 is 2.59 bits per heavy atom. The highest BCUT2D eigenvalue weighted by Crippen LogP contribution is 2.16. The highest BCUT2D eigenvalue weighted by Gasteiger charge is 2.19. The van der Waals surface area contributed by atoms with Gasteiger partial charge in [-0.2, -0.15) is 0 Å². The van der Waals surface area contributed by atoms with Crippen molar-refractivity contribution in [3.05, 3.63) is 54.0 Å². The first-order valence-corrected chi connectivity index (χ1v) is 9.29. The minimum Gasteiger partial charge on any atom is -0.497 e. The second-order valence-corrected chi connectivity index (χ2v) is 7.07. The van der Waals surface area contributed by atoms with E-state index in [1.807, 2.05) is 37.3 Å². The van der Waals surface area contributed by atoms with E-state index in [4.69, 9.17) is 13.9 Å². The van der Waals surface area contributed by atoms with Crippen LogP contribution in [0.2, 0.25) is 0 Å². The number of hydrogen-bond donors (Lipinski definition) is 2. The van der Waals surface area contributed by atoms with Crippen molar-refractivity contribution in [1.29, 1.82) is 0 Å². The summed E-state index contributed by atoms with van der Waals surface area (Å²) in [6.45, 7) is 7.14. The normalized spacial score (nSPS) is 13.2. The number of rotatable bonds is 10. The van der Waals surface area contributed by atoms with Crippen LogP contribution < -0.4 is 15.4 Å². The number of hydrogen-bond acceptors (Lipinski definition) is 4. The number of carbonyl (C=O) groups excluding carboxylic acids is 1. The van der Waals surface area contributed by atoms with Gasteiger partial charge in [-0.25, -0.2) is 4.79 Å². The third-order valence-corrected chi connectivity index (χ3v) is 3.98. The zero-order valence-corrected chi connectivity index (χ0v) is 16.5. The van der Waals surface area contributed by atoms with Crippen molar-refractivity contribution in [3.63, 3.8) is 0 Å². The highest BCUT2D eigenvalue weighted by molar-refractivity contribution is 5.74. The fourth-order valence-electron chi connectivity index (χ4n) is 2.73. The van der Waals surface area contributed by atoms with Gasteiger partial charge in [-0.3, -0.25) is 0 Å². The predicted octanol–water partition coefficient (Wildman–Crippen LogP) is 3.93. The Hall–Kier alpha value is -2.47. The Labute approximate surface area is 161 Å². The van der Waals surface area contributed by atoms with E-state index in [9.17, 15) is 4.79 Å². The van der Waals surface area contributed by atoms with Crippen LogP contribution in [0.25, 0.3) is 0 Å². The largest absolute Gasteiger partial charge is 0.497 e. The second-order valence-electron chi connectivity index (χ2n) is 7.07. The third kappa shape index (κ3) is 7.35. The molecule has 27 heavy (non-hydrogen) atoms. The zero-order valence-electron chi connectivity index (χ0n) is 16.5. The summed E-state index contributed by atoms with van der Waals surface area (Å²) in [5.41, 5.74) is 1.10. The van der Waals surface area contributed by atoms with Gasteiger partial charge >= 0.3 is 6.03 Å². The monoisotopic (exact) mass is 374 g/mol. The molecular formula is C21H30N2O4. The van der Waals surface area contributed by atoms with Crippen molar-refractivity contribution in [3.8, 4) is 5.75 Å². The molecular weight excluding hydrogens is 344 g/mol. The Morgan fingerprint density at radius 2 is 1.93 bits per heavy atom. The average Bonchev–Trinajstić information content (AvgIpc) is 3.15. The summed E-state index contributed by atoms with van der Waals surface area (Å²) in [7, 11) is 1.64. The van der Waals surface area contributed by atoms with Gasteiger partial charge in [-0.1, -0.05) is 26.0 Å². The first-order valence-electron chi connectivity index (χ1n) is 9.29. The summed E-state index contributed by atoms with van der Waals surface area (Å²) in [6.07, 6.45) is 2.30. The van der Waals surface area contributed by atoms with E-state index in [1.54, 1.807) is 19.4 Å². The number of carbonyl (C=O) groups is 1. The van der Waals surface area contributed by atoms with Gasteiger partial charge in [0.25, 0.3) is 0 Å². The summed E-state index contributed by atoms with van der Waals surface area (Å²) in [4.78, 5) is 12.4. The molecule has 1 aromatic heterocycles. The first kappa shape index (κ1) is 20.8. The number of ether oxygens (including phenoxy) is 2. The molecule has 148 valence electrons. The molecule has 2 N–H and O–H groups in total. The Balaban J connectivity index is 1.88. The third-order valence-electron chi connectivity index (χ3n) is 3.98. The summed E-state index contributed by atoms with van der Waals surface area (Å²) in [5.74, 6) is 1.91. The molecule has 0 saturated carbocycles. The summed E-state index contributed by atoms with van der Waals surface area (Å²) in [6, 6.07) is 10.9. The first-order chi connectivity index (χ1) is 13.0. The van der Waals surface area contributed by atoms with E-state index in [0.717, 1.165) is 11.3 Å². The molecule has 0 spiro atoms. The highest BCUT2D eigenvalue weighted by atomic mass is 16.5. The van der Waals surface area contributed by atoms with Crippen LogP contribution in [-0.2, 0) is 11.2 Å². The SMILES string of the molecule is COc1cccc(CC(C)NC(=O)NC(COCC(C)C)c2ccco2)c1. The Kier molecular flexibility index (Phi) is 8.20. The molecule has 0 bridgehead atoms. The average molecular weight is 374 g/mol. The maximum Gasteiger partial charge on any atom is 0.315 e. The number of urea groups is 1. The lowest BCUT2D eigenvalue weighted by Crippen LogP contribution is -2.44. The van der Waals surface area contributed by atoms with E-state index in [0.29, 0.717) is 31.3 Å². The smallest absolute Gasteiger partial charge is 0.315 e. The quantitative estimate of drug-likeness (QED) is 0.661. The van der Waals surface area contributed by atoms with Crippen LogP contribution in [0.5, 0.6) is 5.75 Å². The number of benzene rings is 1. The summed E-state index contributed by atoms with van der Waals surface area (Å²) in [5, 5.41) is 5.91. The molecule has 0 fully saturated rings. The van der Waals surface area contributed by atoms with E-state index >= 15 is 0 Å². The van der Waals surface area contributed by atoms with Gasteiger partial charge < -0.3 is 24.5 Å². The molecule has 6 heteroatoms. The van der Waals surface area contributed by atoms with Crippen LogP contribution in [0.1, 0.15) is 38.1 Å². The van der Waals surface area contributed by atoms with Gasteiger partial charge in [-0.05, 0) is 49.1 Å². The number of nitrogens with one attached hydrogen (secondary N) is 2. The summed E-state index contributed by atoms with van der Waals surface area (Å²) >= 11 is 0. The molecule has 0 saturated heterocycles. The Morgan fingerprint density at radius 1 is 1.11 bits per heavy atom. The molecule has 2 amide bonds. The molecule has 6 nitrogen and oxygen atoms in total. The van der Waals surface area contributed by atoms with Crippen LogP contribution >= 0.6 is 0 Å². The lowest BCUT2D eigenvalue weighted by atomic mass is 10.1. The number of methoxy groups -OCH3 is 1. The topological polar surface area (TPSA) is 72.7 Å². The molecule has 1 heterocycles. The fourth-order valence-corrected chi connectivity index (χ4v) is 2.73. The molecule has 0 aliphatic heterocycles. The van der Waals surface area contributed by atoms with E-state index in [-0.39, 0.29) is 18.1 Å². The zero-order chi connectivity index (χ0) is 19.6. The standard InChI is InChI=1S/C21H30N2O4/c1-15(2)13-26-14-19(20-9-6-10-27-20)23-21(24)22-16(3)11-17-7-5-8-18(12-17)25-4/h5-10,12,15-16,19H,11,13-14H2,1-4H3,(H2,22,23,24). The van der Waals surface area contributed by atoms with Crippen molar-refractivity contribution < 1.29 is 18.7 Å². The van der Waals surface area contributed by atoms with E-state index in [2.05, 4.69) is 24.5 Å². The maximum atomic E-state index is 12.4. The van der Waals surface area contributed by atoms with E-state index in [1.165, 1.54) is 0 Å². The maximum absolute atomic E-state index is 12.4. The van der Waals surface area contributed by atoms with Gasteiger partial charge in [0.15, 0.2) is 0 Å².